The molecule has 0 aliphatic carbocycles. The third kappa shape index (κ3) is 4.12. The molecule has 4 nitrogen and oxygen atoms in total. The minimum absolute atomic E-state index is 0.0238. The number of hydrogen-bond donors (Lipinski definition) is 2. The molecule has 0 bridgehead atoms. The first-order chi connectivity index (χ1) is 9.25. The molecular formula is C15H16N2O2. The Bertz CT molecular complexity index is 541. The second-order valence-corrected chi connectivity index (χ2v) is 4.04. The summed E-state index contributed by atoms with van der Waals surface area (Å²) in [5, 5.41) is 7.35. The summed E-state index contributed by atoms with van der Waals surface area (Å²) < 4.78 is 10.9. The summed E-state index contributed by atoms with van der Waals surface area (Å²) in [6.07, 6.45) is 0. The molecule has 2 rings (SSSR count). The summed E-state index contributed by atoms with van der Waals surface area (Å²) in [4.78, 5) is 0. The van der Waals surface area contributed by atoms with E-state index in [9.17, 15) is 0 Å². The van der Waals surface area contributed by atoms with Gasteiger partial charge in [0.1, 0.15) is 11.6 Å². The van der Waals surface area contributed by atoms with Gasteiger partial charge in [-0.1, -0.05) is 42.5 Å². The molecule has 4 heteroatoms. The number of hydrogen-bond acceptors (Lipinski definition) is 3. The van der Waals surface area contributed by atoms with E-state index < -0.39 is 0 Å². The molecule has 0 saturated carbocycles. The first kappa shape index (κ1) is 13.1. The first-order valence-electron chi connectivity index (χ1n) is 5.94. The van der Waals surface area contributed by atoms with Crippen molar-refractivity contribution in [2.24, 2.45) is 5.73 Å². The predicted molar refractivity (Wildman–Crippen MR) is 74.2 cm³/mol. The van der Waals surface area contributed by atoms with Crippen molar-refractivity contribution >= 4 is 5.84 Å². The third-order valence-electron chi connectivity index (χ3n) is 2.57. The lowest BCUT2D eigenvalue weighted by Gasteiger charge is -2.08. The highest BCUT2D eigenvalue weighted by Crippen LogP contribution is 2.13. The number of rotatable bonds is 6. The number of nitrogen functional groups attached to an aromatic ring is 1. The maximum Gasteiger partial charge on any atom is 0.189 e. The Labute approximate surface area is 112 Å². The molecule has 0 saturated heterocycles. The maximum absolute atomic E-state index is 7.35. The van der Waals surface area contributed by atoms with E-state index in [0.29, 0.717) is 17.9 Å². The molecule has 2 aromatic carbocycles. The molecule has 0 aromatic heterocycles. The average Bonchev–Trinajstić information content (AvgIpc) is 2.45. The Morgan fingerprint density at radius 3 is 2.58 bits per heavy atom. The molecular weight excluding hydrogens is 240 g/mol. The molecule has 0 amide bonds. The van der Waals surface area contributed by atoms with Crippen molar-refractivity contribution in [1.29, 1.82) is 5.41 Å². The van der Waals surface area contributed by atoms with Gasteiger partial charge in [0.2, 0.25) is 0 Å². The molecule has 3 N–H and O–H groups in total. The van der Waals surface area contributed by atoms with Gasteiger partial charge in [-0.05, 0) is 17.7 Å². The fraction of sp³-hybridized carbons (Fsp3) is 0.133. The fourth-order valence-electron chi connectivity index (χ4n) is 1.60. The van der Waals surface area contributed by atoms with Gasteiger partial charge in [-0.15, -0.1) is 0 Å². The molecule has 0 spiro atoms. The van der Waals surface area contributed by atoms with Crippen molar-refractivity contribution in [2.45, 2.75) is 6.61 Å². The van der Waals surface area contributed by atoms with Crippen LogP contribution in [0.4, 0.5) is 0 Å². The van der Waals surface area contributed by atoms with E-state index in [1.54, 1.807) is 24.3 Å². The topological polar surface area (TPSA) is 68.3 Å². The van der Waals surface area contributed by atoms with Crippen LogP contribution in [0.2, 0.25) is 0 Å². The number of ether oxygens (including phenoxy) is 2. The van der Waals surface area contributed by atoms with Gasteiger partial charge in [0.15, 0.2) is 6.79 Å². The zero-order chi connectivity index (χ0) is 13.5. The van der Waals surface area contributed by atoms with Gasteiger partial charge < -0.3 is 15.2 Å². The number of nitrogens with two attached hydrogens (primary N) is 1. The molecule has 0 aliphatic rings. The molecule has 0 atom stereocenters. The maximum atomic E-state index is 7.35. The third-order valence-corrected chi connectivity index (χ3v) is 2.57. The van der Waals surface area contributed by atoms with Gasteiger partial charge in [-0.25, -0.2) is 0 Å². The zero-order valence-electron chi connectivity index (χ0n) is 10.5. The van der Waals surface area contributed by atoms with E-state index in [-0.39, 0.29) is 12.6 Å². The van der Waals surface area contributed by atoms with Crippen LogP contribution in [-0.4, -0.2) is 12.6 Å². The lowest BCUT2D eigenvalue weighted by atomic mass is 10.2. The van der Waals surface area contributed by atoms with E-state index >= 15 is 0 Å². The second-order valence-electron chi connectivity index (χ2n) is 4.04. The molecule has 19 heavy (non-hydrogen) atoms. The van der Waals surface area contributed by atoms with Crippen LogP contribution in [0.15, 0.2) is 54.6 Å². The van der Waals surface area contributed by atoms with Crippen LogP contribution in [-0.2, 0) is 11.3 Å². The monoisotopic (exact) mass is 256 g/mol. The first-order valence-corrected chi connectivity index (χ1v) is 5.94. The lowest BCUT2D eigenvalue weighted by Crippen LogP contribution is -2.11. The Hall–Kier alpha value is -2.33. The van der Waals surface area contributed by atoms with Crippen molar-refractivity contribution in [1.82, 2.24) is 0 Å². The molecule has 2 aromatic rings. The van der Waals surface area contributed by atoms with Crippen LogP contribution >= 0.6 is 0 Å². The van der Waals surface area contributed by atoms with Crippen molar-refractivity contribution in [3.05, 3.63) is 65.7 Å². The molecule has 0 heterocycles. The Balaban J connectivity index is 1.80. The minimum atomic E-state index is 0.0238. The summed E-state index contributed by atoms with van der Waals surface area (Å²) in [6, 6.07) is 17.0. The molecule has 98 valence electrons. The van der Waals surface area contributed by atoms with E-state index in [1.807, 2.05) is 30.3 Å². The lowest BCUT2D eigenvalue weighted by molar-refractivity contribution is 0.00504. The number of benzene rings is 2. The highest BCUT2D eigenvalue weighted by molar-refractivity contribution is 5.95. The molecule has 0 unspecified atom stereocenters. The Kier molecular flexibility index (Phi) is 4.53. The van der Waals surface area contributed by atoms with E-state index in [0.717, 1.165) is 5.56 Å². The highest BCUT2D eigenvalue weighted by atomic mass is 16.7. The molecule has 0 aliphatic heterocycles. The van der Waals surface area contributed by atoms with Gasteiger partial charge in [-0.3, -0.25) is 5.41 Å². The smallest absolute Gasteiger partial charge is 0.189 e. The van der Waals surface area contributed by atoms with E-state index in [1.165, 1.54) is 0 Å². The van der Waals surface area contributed by atoms with Crippen LogP contribution in [0, 0.1) is 5.41 Å². The zero-order valence-corrected chi connectivity index (χ0v) is 10.5. The summed E-state index contributed by atoms with van der Waals surface area (Å²) in [5.74, 6) is 0.663. The van der Waals surface area contributed by atoms with Crippen molar-refractivity contribution in [3.63, 3.8) is 0 Å². The Morgan fingerprint density at radius 1 is 1.05 bits per heavy atom. The van der Waals surface area contributed by atoms with Crippen molar-refractivity contribution in [2.75, 3.05) is 6.79 Å². The van der Waals surface area contributed by atoms with Crippen LogP contribution < -0.4 is 10.5 Å². The van der Waals surface area contributed by atoms with Crippen LogP contribution in [0.3, 0.4) is 0 Å². The Morgan fingerprint density at radius 2 is 1.84 bits per heavy atom. The normalized spacial score (nSPS) is 10.1. The standard InChI is InChI=1S/C15H16N2O2/c16-15(17)13-7-4-8-14(9-13)19-11-18-10-12-5-2-1-3-6-12/h1-9H,10-11H2,(H3,16,17). The molecule has 0 fully saturated rings. The minimum Gasteiger partial charge on any atom is -0.468 e. The summed E-state index contributed by atoms with van der Waals surface area (Å²) in [7, 11) is 0. The summed E-state index contributed by atoms with van der Waals surface area (Å²) in [6.45, 7) is 0.670. The quantitative estimate of drug-likeness (QED) is 0.361. The second kappa shape index (κ2) is 6.56. The average molecular weight is 256 g/mol. The molecule has 0 radical (unpaired) electrons. The van der Waals surface area contributed by atoms with Gasteiger partial charge >= 0.3 is 0 Å². The van der Waals surface area contributed by atoms with Gasteiger partial charge in [0.05, 0.1) is 6.61 Å². The summed E-state index contributed by atoms with van der Waals surface area (Å²) >= 11 is 0. The fourth-order valence-corrected chi connectivity index (χ4v) is 1.60. The van der Waals surface area contributed by atoms with Crippen LogP contribution in [0.1, 0.15) is 11.1 Å². The van der Waals surface area contributed by atoms with Crippen molar-refractivity contribution in [3.8, 4) is 5.75 Å². The highest BCUT2D eigenvalue weighted by Gasteiger charge is 1.99. The van der Waals surface area contributed by atoms with Crippen LogP contribution in [0.5, 0.6) is 5.75 Å². The SMILES string of the molecule is N=C(N)c1cccc(OCOCc2ccccc2)c1. The van der Waals surface area contributed by atoms with Gasteiger partial charge in [-0.2, -0.15) is 0 Å². The number of amidine groups is 1. The van der Waals surface area contributed by atoms with Gasteiger partial charge in [0.25, 0.3) is 0 Å². The largest absolute Gasteiger partial charge is 0.468 e. The van der Waals surface area contributed by atoms with Crippen molar-refractivity contribution < 1.29 is 9.47 Å². The van der Waals surface area contributed by atoms with E-state index in [4.69, 9.17) is 20.6 Å². The predicted octanol–water partition coefficient (Wildman–Crippen LogP) is 2.52. The van der Waals surface area contributed by atoms with E-state index in [2.05, 4.69) is 0 Å². The number of nitrogens with one attached hydrogen (secondary N) is 1. The van der Waals surface area contributed by atoms with Gasteiger partial charge in [0, 0.05) is 5.56 Å². The van der Waals surface area contributed by atoms with Crippen LogP contribution in [0.25, 0.3) is 0 Å². The summed E-state index contributed by atoms with van der Waals surface area (Å²) in [5.41, 5.74) is 7.15.